The molecule has 0 bridgehead atoms. The van der Waals surface area contributed by atoms with E-state index in [-0.39, 0.29) is 17.9 Å². The number of halogens is 1. The second kappa shape index (κ2) is 8.49. The summed E-state index contributed by atoms with van der Waals surface area (Å²) < 4.78 is 1.80. The number of pyridine rings is 1. The van der Waals surface area contributed by atoms with Crippen molar-refractivity contribution in [2.75, 3.05) is 10.6 Å². The summed E-state index contributed by atoms with van der Waals surface area (Å²) in [7, 11) is 0. The minimum atomic E-state index is -0.317. The lowest BCUT2D eigenvalue weighted by Crippen LogP contribution is -2.14. The number of anilines is 2. The van der Waals surface area contributed by atoms with Crippen LogP contribution in [-0.2, 0) is 4.79 Å². The molecule has 1 aromatic carbocycles. The molecular formula is C22H20ClN5O2S. The predicted octanol–water partition coefficient (Wildman–Crippen LogP) is 5.60. The fraction of sp³-hybridized carbons (Fsp3) is 0.182. The Morgan fingerprint density at radius 2 is 1.97 bits per heavy atom. The predicted molar refractivity (Wildman–Crippen MR) is 125 cm³/mol. The smallest absolute Gasteiger partial charge is 0.256 e. The molecule has 0 fully saturated rings. The van der Waals surface area contributed by atoms with Crippen LogP contribution in [-0.4, -0.2) is 26.6 Å². The van der Waals surface area contributed by atoms with E-state index in [9.17, 15) is 9.59 Å². The fourth-order valence-corrected chi connectivity index (χ4v) is 4.14. The largest absolute Gasteiger partial charge is 0.326 e. The van der Waals surface area contributed by atoms with Crippen molar-refractivity contribution in [1.29, 1.82) is 0 Å². The maximum atomic E-state index is 13.2. The summed E-state index contributed by atoms with van der Waals surface area (Å²) in [6.45, 7) is 5.45. The van der Waals surface area contributed by atoms with Crippen molar-refractivity contribution in [2.24, 2.45) is 0 Å². The summed E-state index contributed by atoms with van der Waals surface area (Å²) in [4.78, 5) is 30.2. The highest BCUT2D eigenvalue weighted by Gasteiger charge is 2.19. The number of aromatic nitrogens is 3. The van der Waals surface area contributed by atoms with Crippen molar-refractivity contribution in [3.63, 3.8) is 0 Å². The molecule has 0 aliphatic rings. The van der Waals surface area contributed by atoms with Gasteiger partial charge in [-0.2, -0.15) is 5.10 Å². The molecule has 2 N–H and O–H groups in total. The molecule has 31 heavy (non-hydrogen) atoms. The molecule has 0 saturated heterocycles. The number of fused-ring (bicyclic) bond motifs is 1. The van der Waals surface area contributed by atoms with Crippen molar-refractivity contribution < 1.29 is 9.59 Å². The normalized spacial score (nSPS) is 11.1. The van der Waals surface area contributed by atoms with Gasteiger partial charge in [-0.15, -0.1) is 11.3 Å². The van der Waals surface area contributed by atoms with Crippen LogP contribution in [0, 0.1) is 0 Å². The van der Waals surface area contributed by atoms with E-state index in [1.807, 2.05) is 31.4 Å². The van der Waals surface area contributed by atoms with Gasteiger partial charge in [-0.3, -0.25) is 9.59 Å². The van der Waals surface area contributed by atoms with Crippen molar-refractivity contribution in [1.82, 2.24) is 14.8 Å². The van der Waals surface area contributed by atoms with Crippen LogP contribution in [0.1, 0.15) is 37.2 Å². The highest BCUT2D eigenvalue weighted by Crippen LogP contribution is 2.31. The number of amides is 2. The second-order valence-electron chi connectivity index (χ2n) is 7.28. The first-order valence-electron chi connectivity index (χ1n) is 9.64. The molecule has 0 atom stereocenters. The minimum absolute atomic E-state index is 0.0928. The molecule has 9 heteroatoms. The van der Waals surface area contributed by atoms with Gasteiger partial charge >= 0.3 is 0 Å². The van der Waals surface area contributed by atoms with E-state index >= 15 is 0 Å². The third-order valence-corrected chi connectivity index (χ3v) is 5.82. The number of nitrogens with one attached hydrogen (secondary N) is 2. The molecule has 0 saturated carbocycles. The Labute approximate surface area is 188 Å². The Balaban J connectivity index is 1.75. The average molecular weight is 454 g/mol. The minimum Gasteiger partial charge on any atom is -0.326 e. The molecule has 3 aromatic heterocycles. The van der Waals surface area contributed by atoms with Crippen molar-refractivity contribution in [2.45, 2.75) is 26.8 Å². The third kappa shape index (κ3) is 4.30. The van der Waals surface area contributed by atoms with Crippen LogP contribution in [0.3, 0.4) is 0 Å². The van der Waals surface area contributed by atoms with Gasteiger partial charge in [0, 0.05) is 18.7 Å². The van der Waals surface area contributed by atoms with Gasteiger partial charge in [-0.05, 0) is 49.6 Å². The van der Waals surface area contributed by atoms with Gasteiger partial charge in [0.05, 0.1) is 38.4 Å². The molecule has 2 amide bonds. The van der Waals surface area contributed by atoms with Crippen LogP contribution in [0.2, 0.25) is 5.02 Å². The van der Waals surface area contributed by atoms with E-state index in [4.69, 9.17) is 16.6 Å². The Kier molecular flexibility index (Phi) is 5.75. The topological polar surface area (TPSA) is 88.9 Å². The van der Waals surface area contributed by atoms with Gasteiger partial charge in [0.15, 0.2) is 5.65 Å². The Bertz CT molecular complexity index is 1280. The second-order valence-corrected chi connectivity index (χ2v) is 8.64. The number of hydrogen-bond donors (Lipinski definition) is 2. The Hall–Kier alpha value is -3.23. The SMILES string of the molecule is CC(=O)Nc1ccc(NC(=O)c2cc(-c3cccs3)nc3c2cnn3C(C)C)c(Cl)c1. The third-order valence-electron chi connectivity index (χ3n) is 4.61. The average Bonchev–Trinajstić information content (AvgIpc) is 3.38. The molecule has 0 aliphatic heterocycles. The summed E-state index contributed by atoms with van der Waals surface area (Å²) in [6, 6.07) is 10.7. The van der Waals surface area contributed by atoms with Crippen LogP contribution >= 0.6 is 22.9 Å². The molecule has 0 radical (unpaired) electrons. The highest BCUT2D eigenvalue weighted by atomic mass is 35.5. The van der Waals surface area contributed by atoms with Crippen LogP contribution in [0.25, 0.3) is 21.6 Å². The van der Waals surface area contributed by atoms with E-state index in [2.05, 4.69) is 15.7 Å². The molecule has 3 heterocycles. The van der Waals surface area contributed by atoms with Crippen molar-refractivity contribution in [3.8, 4) is 10.6 Å². The number of benzene rings is 1. The molecule has 4 rings (SSSR count). The maximum absolute atomic E-state index is 13.2. The first kappa shape index (κ1) is 21.0. The van der Waals surface area contributed by atoms with Gasteiger partial charge in [0.1, 0.15) is 0 Å². The van der Waals surface area contributed by atoms with Crippen LogP contribution in [0.5, 0.6) is 0 Å². The van der Waals surface area contributed by atoms with Gasteiger partial charge in [-0.25, -0.2) is 9.67 Å². The number of carbonyl (C=O) groups excluding carboxylic acids is 2. The Morgan fingerprint density at radius 1 is 1.16 bits per heavy atom. The van der Waals surface area contributed by atoms with E-state index < -0.39 is 0 Å². The fourth-order valence-electron chi connectivity index (χ4n) is 3.22. The number of thiophene rings is 1. The number of hydrogen-bond acceptors (Lipinski definition) is 5. The summed E-state index contributed by atoms with van der Waals surface area (Å²) in [6.07, 6.45) is 1.66. The number of carbonyl (C=O) groups is 2. The van der Waals surface area contributed by atoms with Crippen molar-refractivity contribution in [3.05, 3.63) is 58.6 Å². The summed E-state index contributed by atoms with van der Waals surface area (Å²) in [5, 5.41) is 12.9. The molecule has 0 spiro atoms. The molecule has 4 aromatic rings. The maximum Gasteiger partial charge on any atom is 0.256 e. The van der Waals surface area contributed by atoms with E-state index in [0.717, 1.165) is 4.88 Å². The molecule has 0 unspecified atom stereocenters. The first-order valence-corrected chi connectivity index (χ1v) is 10.9. The van der Waals surface area contributed by atoms with Crippen molar-refractivity contribution >= 4 is 57.2 Å². The van der Waals surface area contributed by atoms with Crippen LogP contribution in [0.15, 0.2) is 48.0 Å². The molecular weight excluding hydrogens is 434 g/mol. The lowest BCUT2D eigenvalue weighted by molar-refractivity contribution is -0.114. The van der Waals surface area contributed by atoms with Gasteiger partial charge in [0.2, 0.25) is 5.91 Å². The highest BCUT2D eigenvalue weighted by molar-refractivity contribution is 7.13. The van der Waals surface area contributed by atoms with Crippen LogP contribution in [0.4, 0.5) is 11.4 Å². The van der Waals surface area contributed by atoms with Gasteiger partial charge in [-0.1, -0.05) is 17.7 Å². The summed E-state index contributed by atoms with van der Waals surface area (Å²) >= 11 is 7.88. The lowest BCUT2D eigenvalue weighted by atomic mass is 10.1. The lowest BCUT2D eigenvalue weighted by Gasteiger charge is -2.12. The number of nitrogens with zero attached hydrogens (tertiary/aromatic N) is 3. The summed E-state index contributed by atoms with van der Waals surface area (Å²) in [5.74, 6) is -0.516. The standard InChI is InChI=1S/C22H20ClN5O2S/c1-12(2)28-21-16(11-24-28)15(10-19(26-21)20-5-4-8-31-20)22(30)27-18-7-6-14(9-17(18)23)25-13(3)29/h4-12H,1-3H3,(H,25,29)(H,27,30). The summed E-state index contributed by atoms with van der Waals surface area (Å²) in [5.41, 5.74) is 2.82. The molecule has 158 valence electrons. The Morgan fingerprint density at radius 3 is 2.61 bits per heavy atom. The zero-order valence-electron chi connectivity index (χ0n) is 17.1. The van der Waals surface area contributed by atoms with E-state index in [1.54, 1.807) is 46.5 Å². The van der Waals surface area contributed by atoms with Crippen LogP contribution < -0.4 is 10.6 Å². The monoisotopic (exact) mass is 453 g/mol. The quantitative estimate of drug-likeness (QED) is 0.411. The zero-order valence-corrected chi connectivity index (χ0v) is 18.7. The molecule has 0 aliphatic carbocycles. The number of rotatable bonds is 5. The van der Waals surface area contributed by atoms with Gasteiger partial charge < -0.3 is 10.6 Å². The zero-order chi connectivity index (χ0) is 22.1. The first-order chi connectivity index (χ1) is 14.8. The van der Waals surface area contributed by atoms with E-state index in [1.165, 1.54) is 6.92 Å². The van der Waals surface area contributed by atoms with E-state index in [0.29, 0.717) is 38.7 Å². The molecule has 7 nitrogen and oxygen atoms in total. The van der Waals surface area contributed by atoms with Gasteiger partial charge in [0.25, 0.3) is 5.91 Å².